The topological polar surface area (TPSA) is 92.4 Å². The molecule has 0 saturated heterocycles. The highest BCUT2D eigenvalue weighted by Gasteiger charge is 2.21. The van der Waals surface area contributed by atoms with Crippen LogP contribution in [-0.2, 0) is 10.0 Å². The number of hydrogen-bond acceptors (Lipinski definition) is 4. The van der Waals surface area contributed by atoms with Crippen LogP contribution in [0.2, 0.25) is 0 Å². The van der Waals surface area contributed by atoms with E-state index in [1.165, 1.54) is 0 Å². The number of benzene rings is 1. The minimum absolute atomic E-state index is 0.121. The van der Waals surface area contributed by atoms with Crippen LogP contribution in [0.3, 0.4) is 0 Å². The maximum atomic E-state index is 13.6. The van der Waals surface area contributed by atoms with Gasteiger partial charge in [-0.1, -0.05) is 13.3 Å². The Bertz CT molecular complexity index is 551. The standard InChI is InChI=1S/C11H16BrFN2O3S/c1-2-3-7(16)6-15-19(17,18)11-5-10(14)8(12)4-9(11)13/h4-5,7,15-16H,2-3,6,14H2,1H3. The summed E-state index contributed by atoms with van der Waals surface area (Å²) >= 11 is 3.01. The van der Waals surface area contributed by atoms with E-state index in [1.807, 2.05) is 6.92 Å². The summed E-state index contributed by atoms with van der Waals surface area (Å²) in [6.07, 6.45) is 0.395. The predicted molar refractivity (Wildman–Crippen MR) is 74.6 cm³/mol. The van der Waals surface area contributed by atoms with Crippen molar-refractivity contribution in [3.8, 4) is 0 Å². The first kappa shape index (κ1) is 16.4. The Morgan fingerprint density at radius 2 is 2.16 bits per heavy atom. The normalized spacial score (nSPS) is 13.5. The third-order valence-electron chi connectivity index (χ3n) is 2.47. The molecular weight excluding hydrogens is 339 g/mol. The van der Waals surface area contributed by atoms with E-state index in [4.69, 9.17) is 5.73 Å². The molecule has 0 aliphatic carbocycles. The van der Waals surface area contributed by atoms with Gasteiger partial charge < -0.3 is 10.8 Å². The van der Waals surface area contributed by atoms with Crippen molar-refractivity contribution in [3.05, 3.63) is 22.4 Å². The second-order valence-electron chi connectivity index (χ2n) is 4.10. The van der Waals surface area contributed by atoms with Crippen LogP contribution in [0.1, 0.15) is 19.8 Å². The Labute approximate surface area is 120 Å². The Kier molecular flexibility index (Phi) is 5.72. The van der Waals surface area contributed by atoms with Crippen molar-refractivity contribution in [2.75, 3.05) is 12.3 Å². The third-order valence-corrected chi connectivity index (χ3v) is 4.60. The monoisotopic (exact) mass is 354 g/mol. The lowest BCUT2D eigenvalue weighted by molar-refractivity contribution is 0.167. The maximum absolute atomic E-state index is 13.6. The van der Waals surface area contributed by atoms with Crippen molar-refractivity contribution in [1.29, 1.82) is 0 Å². The van der Waals surface area contributed by atoms with Crippen LogP contribution in [0.4, 0.5) is 10.1 Å². The summed E-state index contributed by atoms with van der Waals surface area (Å²) in [6.45, 7) is 1.71. The lowest BCUT2D eigenvalue weighted by atomic mass is 10.2. The highest BCUT2D eigenvalue weighted by atomic mass is 79.9. The lowest BCUT2D eigenvalue weighted by Gasteiger charge is -2.12. The second-order valence-corrected chi connectivity index (χ2v) is 6.69. The molecule has 1 aromatic carbocycles. The van der Waals surface area contributed by atoms with Crippen molar-refractivity contribution in [3.63, 3.8) is 0 Å². The maximum Gasteiger partial charge on any atom is 0.243 e. The average Bonchev–Trinajstić information content (AvgIpc) is 2.31. The minimum Gasteiger partial charge on any atom is -0.398 e. The molecule has 108 valence electrons. The number of hydrogen-bond donors (Lipinski definition) is 3. The van der Waals surface area contributed by atoms with Gasteiger partial charge in [0.05, 0.1) is 6.10 Å². The number of nitrogen functional groups attached to an aromatic ring is 1. The van der Waals surface area contributed by atoms with Gasteiger partial charge in [-0.2, -0.15) is 0 Å². The fourth-order valence-electron chi connectivity index (χ4n) is 1.47. The largest absolute Gasteiger partial charge is 0.398 e. The number of nitrogens with one attached hydrogen (secondary N) is 1. The van der Waals surface area contributed by atoms with E-state index in [2.05, 4.69) is 20.7 Å². The van der Waals surface area contributed by atoms with Gasteiger partial charge in [0.2, 0.25) is 10.0 Å². The number of anilines is 1. The Balaban J connectivity index is 2.92. The number of aliphatic hydroxyl groups is 1. The van der Waals surface area contributed by atoms with E-state index in [-0.39, 0.29) is 16.7 Å². The zero-order valence-electron chi connectivity index (χ0n) is 10.4. The molecule has 8 heteroatoms. The smallest absolute Gasteiger partial charge is 0.243 e. The van der Waals surface area contributed by atoms with Gasteiger partial charge in [-0.25, -0.2) is 17.5 Å². The van der Waals surface area contributed by atoms with Crippen molar-refractivity contribution >= 4 is 31.6 Å². The molecule has 0 radical (unpaired) electrons. The number of halogens is 2. The van der Waals surface area contributed by atoms with E-state index < -0.39 is 26.8 Å². The Hall–Kier alpha value is -0.700. The van der Waals surface area contributed by atoms with E-state index in [0.29, 0.717) is 6.42 Å². The number of nitrogens with two attached hydrogens (primary N) is 1. The third kappa shape index (κ3) is 4.41. The van der Waals surface area contributed by atoms with Gasteiger partial charge in [0, 0.05) is 16.7 Å². The van der Waals surface area contributed by atoms with E-state index in [9.17, 15) is 17.9 Å². The molecule has 5 nitrogen and oxygen atoms in total. The first-order chi connectivity index (χ1) is 8.77. The zero-order valence-corrected chi connectivity index (χ0v) is 12.8. The molecule has 0 saturated carbocycles. The van der Waals surface area contributed by atoms with E-state index >= 15 is 0 Å². The SMILES string of the molecule is CCCC(O)CNS(=O)(=O)c1cc(N)c(Br)cc1F. The molecule has 0 spiro atoms. The van der Waals surface area contributed by atoms with Gasteiger partial charge in [0.15, 0.2) is 0 Å². The number of sulfonamides is 1. The Morgan fingerprint density at radius 3 is 2.74 bits per heavy atom. The molecule has 0 bridgehead atoms. The summed E-state index contributed by atoms with van der Waals surface area (Å²) in [5.41, 5.74) is 5.66. The van der Waals surface area contributed by atoms with Crippen molar-refractivity contribution in [2.45, 2.75) is 30.8 Å². The molecule has 1 atom stereocenters. The summed E-state index contributed by atoms with van der Waals surface area (Å²) in [7, 11) is -4.03. The van der Waals surface area contributed by atoms with Crippen LogP contribution in [-0.4, -0.2) is 26.2 Å². The second kappa shape index (κ2) is 6.65. The molecule has 0 heterocycles. The summed E-state index contributed by atoms with van der Waals surface area (Å²) in [4.78, 5) is -0.531. The quantitative estimate of drug-likeness (QED) is 0.676. The van der Waals surface area contributed by atoms with Crippen molar-refractivity contribution < 1.29 is 17.9 Å². The van der Waals surface area contributed by atoms with Crippen LogP contribution in [0, 0.1) is 5.82 Å². The highest BCUT2D eigenvalue weighted by Crippen LogP contribution is 2.25. The van der Waals surface area contributed by atoms with Crippen LogP contribution in [0.5, 0.6) is 0 Å². The van der Waals surface area contributed by atoms with Crippen molar-refractivity contribution in [1.82, 2.24) is 4.72 Å². The highest BCUT2D eigenvalue weighted by molar-refractivity contribution is 9.10. The van der Waals surface area contributed by atoms with Gasteiger partial charge in [-0.3, -0.25) is 0 Å². The minimum atomic E-state index is -4.03. The van der Waals surface area contributed by atoms with Gasteiger partial charge in [-0.15, -0.1) is 0 Å². The number of aliphatic hydroxyl groups excluding tert-OH is 1. The van der Waals surface area contributed by atoms with E-state index in [0.717, 1.165) is 18.6 Å². The van der Waals surface area contributed by atoms with Gasteiger partial charge >= 0.3 is 0 Å². The molecular formula is C11H16BrFN2O3S. The zero-order chi connectivity index (χ0) is 14.6. The molecule has 0 aliphatic rings. The lowest BCUT2D eigenvalue weighted by Crippen LogP contribution is -2.32. The Morgan fingerprint density at radius 1 is 1.53 bits per heavy atom. The summed E-state index contributed by atoms with van der Waals surface area (Å²) in [5, 5.41) is 9.47. The van der Waals surface area contributed by atoms with Gasteiger partial charge in [0.25, 0.3) is 0 Å². The first-order valence-corrected chi connectivity index (χ1v) is 7.97. The fourth-order valence-corrected chi connectivity index (χ4v) is 2.95. The molecule has 0 aromatic heterocycles. The van der Waals surface area contributed by atoms with E-state index in [1.54, 1.807) is 0 Å². The summed E-state index contributed by atoms with van der Waals surface area (Å²) in [5.74, 6) is -0.904. The number of rotatable bonds is 6. The van der Waals surface area contributed by atoms with Gasteiger partial charge in [0.1, 0.15) is 10.7 Å². The van der Waals surface area contributed by atoms with Crippen molar-refractivity contribution in [2.24, 2.45) is 0 Å². The summed E-state index contributed by atoms with van der Waals surface area (Å²) < 4.78 is 39.9. The molecule has 4 N–H and O–H groups in total. The summed E-state index contributed by atoms with van der Waals surface area (Å²) in [6, 6.07) is 2.03. The van der Waals surface area contributed by atoms with Crippen LogP contribution >= 0.6 is 15.9 Å². The predicted octanol–water partition coefficient (Wildman–Crippen LogP) is 1.61. The molecule has 0 aliphatic heterocycles. The first-order valence-electron chi connectivity index (χ1n) is 5.70. The molecule has 0 fully saturated rings. The molecule has 1 unspecified atom stereocenters. The molecule has 19 heavy (non-hydrogen) atoms. The molecule has 1 aromatic rings. The molecule has 0 amide bonds. The van der Waals surface area contributed by atoms with Crippen LogP contribution in [0.25, 0.3) is 0 Å². The average molecular weight is 355 g/mol. The van der Waals surface area contributed by atoms with Crippen LogP contribution < -0.4 is 10.5 Å². The molecule has 1 rings (SSSR count). The fraction of sp³-hybridized carbons (Fsp3) is 0.455. The van der Waals surface area contributed by atoms with Crippen LogP contribution in [0.15, 0.2) is 21.5 Å². The van der Waals surface area contributed by atoms with Gasteiger partial charge in [-0.05, 0) is 34.5 Å².